The zero-order chi connectivity index (χ0) is 12.0. The van der Waals surface area contributed by atoms with E-state index < -0.39 is 0 Å². The van der Waals surface area contributed by atoms with Crippen LogP contribution >= 0.6 is 11.5 Å². The summed E-state index contributed by atoms with van der Waals surface area (Å²) in [5.41, 5.74) is 0.484. The summed E-state index contributed by atoms with van der Waals surface area (Å²) in [5, 5.41) is 1.09. The third-order valence-corrected chi connectivity index (χ3v) is 3.81. The molecule has 1 saturated heterocycles. The Kier molecular flexibility index (Phi) is 2.73. The molecule has 0 aromatic carbocycles. The van der Waals surface area contributed by atoms with E-state index in [-0.39, 0.29) is 5.41 Å². The highest BCUT2D eigenvalue weighted by atomic mass is 32.1. The molecule has 0 spiro atoms. The van der Waals surface area contributed by atoms with Gasteiger partial charge in [0.2, 0.25) is 5.13 Å². The van der Waals surface area contributed by atoms with Crippen molar-refractivity contribution in [2.75, 3.05) is 18.0 Å². The van der Waals surface area contributed by atoms with Gasteiger partial charge in [-0.1, -0.05) is 34.6 Å². The van der Waals surface area contributed by atoms with Crippen LogP contribution in [0.15, 0.2) is 0 Å². The van der Waals surface area contributed by atoms with E-state index >= 15 is 0 Å². The van der Waals surface area contributed by atoms with Crippen molar-refractivity contribution in [3.63, 3.8) is 0 Å². The normalized spacial score (nSPS) is 20.4. The predicted molar refractivity (Wildman–Crippen MR) is 69.2 cm³/mol. The summed E-state index contributed by atoms with van der Waals surface area (Å²) < 4.78 is 4.47. The van der Waals surface area contributed by atoms with Crippen LogP contribution in [0.3, 0.4) is 0 Å². The number of aromatic nitrogens is 2. The Balaban J connectivity index is 2.15. The second-order valence-corrected chi connectivity index (χ2v) is 7.22. The van der Waals surface area contributed by atoms with Gasteiger partial charge in [0.1, 0.15) is 5.82 Å². The van der Waals surface area contributed by atoms with Crippen LogP contribution in [0.1, 0.15) is 46.9 Å². The fraction of sp³-hybridized carbons (Fsp3) is 0.833. The molecule has 0 bridgehead atoms. The van der Waals surface area contributed by atoms with E-state index in [0.717, 1.165) is 24.0 Å². The smallest absolute Gasteiger partial charge is 0.205 e. The highest BCUT2D eigenvalue weighted by Crippen LogP contribution is 2.34. The Morgan fingerprint density at radius 3 is 2.44 bits per heavy atom. The van der Waals surface area contributed by atoms with Crippen LogP contribution < -0.4 is 4.90 Å². The predicted octanol–water partition coefficient (Wildman–Crippen LogP) is 3.07. The first-order valence-corrected chi connectivity index (χ1v) is 6.64. The van der Waals surface area contributed by atoms with Gasteiger partial charge in [-0.2, -0.15) is 4.37 Å². The lowest BCUT2D eigenvalue weighted by molar-refractivity contribution is 0.418. The molecule has 0 radical (unpaired) electrons. The van der Waals surface area contributed by atoms with Gasteiger partial charge < -0.3 is 4.90 Å². The number of rotatable bonds is 1. The molecule has 4 heteroatoms. The van der Waals surface area contributed by atoms with Crippen LogP contribution in [0.5, 0.6) is 0 Å². The van der Waals surface area contributed by atoms with Gasteiger partial charge in [-0.25, -0.2) is 4.98 Å². The number of nitrogens with zero attached hydrogens (tertiary/aromatic N) is 3. The van der Waals surface area contributed by atoms with E-state index in [0.29, 0.717) is 5.41 Å². The fourth-order valence-electron chi connectivity index (χ4n) is 1.92. The van der Waals surface area contributed by atoms with Crippen molar-refractivity contribution in [2.24, 2.45) is 5.41 Å². The largest absolute Gasteiger partial charge is 0.346 e. The minimum Gasteiger partial charge on any atom is -0.346 e. The van der Waals surface area contributed by atoms with E-state index in [1.165, 1.54) is 18.0 Å². The van der Waals surface area contributed by atoms with Gasteiger partial charge in [-0.3, -0.25) is 0 Å². The SMILES string of the molecule is CC1(C)CCN(c2nc(C(C)(C)C)ns2)C1. The molecule has 2 heterocycles. The molecular formula is C12H21N3S. The summed E-state index contributed by atoms with van der Waals surface area (Å²) >= 11 is 1.54. The molecule has 16 heavy (non-hydrogen) atoms. The molecule has 0 unspecified atom stereocenters. The molecule has 1 aromatic rings. The summed E-state index contributed by atoms with van der Waals surface area (Å²) in [4.78, 5) is 7.03. The van der Waals surface area contributed by atoms with Crippen molar-refractivity contribution in [3.8, 4) is 0 Å². The lowest BCUT2D eigenvalue weighted by atomic mass is 9.93. The average molecular weight is 239 g/mol. The zero-order valence-electron chi connectivity index (χ0n) is 10.9. The second kappa shape index (κ2) is 3.69. The van der Waals surface area contributed by atoms with Crippen LogP contribution in [0.2, 0.25) is 0 Å². The molecule has 1 aliphatic rings. The summed E-state index contributed by atoms with van der Waals surface area (Å²) in [7, 11) is 0. The summed E-state index contributed by atoms with van der Waals surface area (Å²) in [6.45, 7) is 13.3. The van der Waals surface area contributed by atoms with E-state index in [9.17, 15) is 0 Å². The molecule has 0 amide bonds. The van der Waals surface area contributed by atoms with Crippen molar-refractivity contribution < 1.29 is 0 Å². The summed E-state index contributed by atoms with van der Waals surface area (Å²) in [6.07, 6.45) is 1.25. The molecule has 0 saturated carbocycles. The van der Waals surface area contributed by atoms with Crippen molar-refractivity contribution in [1.29, 1.82) is 0 Å². The van der Waals surface area contributed by atoms with E-state index in [4.69, 9.17) is 0 Å². The zero-order valence-corrected chi connectivity index (χ0v) is 11.7. The van der Waals surface area contributed by atoms with Crippen molar-refractivity contribution >= 4 is 16.7 Å². The van der Waals surface area contributed by atoms with Crippen LogP contribution in [0.4, 0.5) is 5.13 Å². The maximum atomic E-state index is 4.66. The average Bonchev–Trinajstić information content (AvgIpc) is 2.68. The van der Waals surface area contributed by atoms with Crippen LogP contribution in [-0.4, -0.2) is 22.4 Å². The van der Waals surface area contributed by atoms with Crippen LogP contribution in [-0.2, 0) is 5.41 Å². The Labute approximate surface area is 102 Å². The molecule has 3 nitrogen and oxygen atoms in total. The minimum atomic E-state index is 0.0595. The standard InChI is InChI=1S/C12H21N3S/c1-11(2,3)9-13-10(16-14-9)15-7-6-12(4,5)8-15/h6-8H2,1-5H3. The second-order valence-electron chi connectivity index (χ2n) is 6.49. The van der Waals surface area contributed by atoms with E-state index in [1.54, 1.807) is 0 Å². The molecule has 2 rings (SSSR count). The maximum absolute atomic E-state index is 4.66. The third kappa shape index (κ3) is 2.37. The first-order valence-electron chi connectivity index (χ1n) is 5.87. The molecule has 90 valence electrons. The summed E-state index contributed by atoms with van der Waals surface area (Å²) in [6, 6.07) is 0. The van der Waals surface area contributed by atoms with Crippen molar-refractivity contribution in [1.82, 2.24) is 9.36 Å². The third-order valence-electron chi connectivity index (χ3n) is 3.03. The number of hydrogen-bond acceptors (Lipinski definition) is 4. The summed E-state index contributed by atoms with van der Waals surface area (Å²) in [5.74, 6) is 0.970. The van der Waals surface area contributed by atoms with Gasteiger partial charge >= 0.3 is 0 Å². The lowest BCUT2D eigenvalue weighted by Crippen LogP contribution is -2.23. The molecule has 1 fully saturated rings. The van der Waals surface area contributed by atoms with Crippen LogP contribution in [0, 0.1) is 5.41 Å². The minimum absolute atomic E-state index is 0.0595. The van der Waals surface area contributed by atoms with E-state index in [1.807, 2.05) is 0 Å². The van der Waals surface area contributed by atoms with Gasteiger partial charge in [-0.05, 0) is 11.8 Å². The monoisotopic (exact) mass is 239 g/mol. The number of hydrogen-bond donors (Lipinski definition) is 0. The van der Waals surface area contributed by atoms with Gasteiger partial charge in [-0.15, -0.1) is 0 Å². The Hall–Kier alpha value is -0.640. The van der Waals surface area contributed by atoms with Crippen molar-refractivity contribution in [3.05, 3.63) is 5.82 Å². The molecule has 1 aromatic heterocycles. The molecule has 1 aliphatic heterocycles. The number of anilines is 1. The van der Waals surface area contributed by atoms with E-state index in [2.05, 4.69) is 48.9 Å². The Morgan fingerprint density at radius 2 is 2.00 bits per heavy atom. The Bertz CT molecular complexity index is 376. The maximum Gasteiger partial charge on any atom is 0.205 e. The molecule has 0 aliphatic carbocycles. The first kappa shape index (κ1) is 11.8. The molecular weight excluding hydrogens is 218 g/mol. The fourth-order valence-corrected chi connectivity index (χ4v) is 2.81. The van der Waals surface area contributed by atoms with Gasteiger partial charge in [0.15, 0.2) is 0 Å². The highest BCUT2D eigenvalue weighted by Gasteiger charge is 2.31. The highest BCUT2D eigenvalue weighted by molar-refractivity contribution is 7.09. The molecule has 0 N–H and O–H groups in total. The van der Waals surface area contributed by atoms with Gasteiger partial charge in [0.25, 0.3) is 0 Å². The lowest BCUT2D eigenvalue weighted by Gasteiger charge is -2.18. The van der Waals surface area contributed by atoms with Crippen molar-refractivity contribution in [2.45, 2.75) is 46.5 Å². The van der Waals surface area contributed by atoms with Gasteiger partial charge in [0.05, 0.1) is 0 Å². The van der Waals surface area contributed by atoms with Crippen LogP contribution in [0.25, 0.3) is 0 Å². The Morgan fingerprint density at radius 1 is 1.31 bits per heavy atom. The van der Waals surface area contributed by atoms with Gasteiger partial charge in [0, 0.05) is 30.0 Å². The quantitative estimate of drug-likeness (QED) is 0.754. The first-order chi connectivity index (χ1) is 7.28. The molecule has 0 atom stereocenters. The topological polar surface area (TPSA) is 29.0 Å².